The van der Waals surface area contributed by atoms with Crippen LogP contribution in [0, 0.1) is 5.41 Å². The summed E-state index contributed by atoms with van der Waals surface area (Å²) in [6.45, 7) is 17.1. The number of aromatic nitrogens is 1. The Kier molecular flexibility index (Phi) is 15.4. The molecule has 2 heterocycles. The second-order valence-corrected chi connectivity index (χ2v) is 6.59. The predicted octanol–water partition coefficient (Wildman–Crippen LogP) is 6.06. The summed E-state index contributed by atoms with van der Waals surface area (Å²) in [5.41, 5.74) is 4.34. The van der Waals surface area contributed by atoms with Gasteiger partial charge in [0.1, 0.15) is 5.82 Å². The van der Waals surface area contributed by atoms with E-state index in [1.807, 2.05) is 13.8 Å². The van der Waals surface area contributed by atoms with Gasteiger partial charge in [0.15, 0.2) is 0 Å². The molecule has 1 aliphatic rings. The van der Waals surface area contributed by atoms with E-state index in [0.29, 0.717) is 6.04 Å². The molecule has 0 radical (unpaired) electrons. The molecule has 1 aliphatic heterocycles. The smallest absolute Gasteiger partial charge is 0.137 e. The topological polar surface area (TPSA) is 70.0 Å². The highest BCUT2D eigenvalue weighted by atomic mass is 16.5. The molecule has 5 nitrogen and oxygen atoms in total. The Morgan fingerprint density at radius 1 is 1.04 bits per heavy atom. The fourth-order valence-electron chi connectivity index (χ4n) is 3.01. The van der Waals surface area contributed by atoms with Gasteiger partial charge in [-0.3, -0.25) is 0 Å². The monoisotopic (exact) mass is 392 g/mol. The summed E-state index contributed by atoms with van der Waals surface area (Å²) in [4.78, 5) is 4.75. The maximum Gasteiger partial charge on any atom is 0.137 e. The van der Waals surface area contributed by atoms with E-state index in [9.17, 15) is 0 Å². The molecule has 28 heavy (non-hydrogen) atoms. The molecule has 0 saturated carbocycles. The van der Waals surface area contributed by atoms with E-state index in [2.05, 4.69) is 45.3 Å². The van der Waals surface area contributed by atoms with Crippen LogP contribution in [-0.4, -0.2) is 37.0 Å². The van der Waals surface area contributed by atoms with Crippen molar-refractivity contribution in [2.75, 3.05) is 30.4 Å². The third kappa shape index (κ3) is 8.17. The highest BCUT2D eigenvalue weighted by molar-refractivity contribution is 5.93. The van der Waals surface area contributed by atoms with Gasteiger partial charge in [-0.25, -0.2) is 4.98 Å². The molecule has 5 heteroatoms. The maximum atomic E-state index is 7.85. The summed E-state index contributed by atoms with van der Waals surface area (Å²) >= 11 is 0. The predicted molar refractivity (Wildman–Crippen MR) is 124 cm³/mol. The van der Waals surface area contributed by atoms with Crippen molar-refractivity contribution in [2.24, 2.45) is 0 Å². The van der Waals surface area contributed by atoms with E-state index in [0.717, 1.165) is 68.2 Å². The zero-order chi connectivity index (χ0) is 21.4. The van der Waals surface area contributed by atoms with Crippen LogP contribution in [0.5, 0.6) is 0 Å². The molecule has 0 spiro atoms. The van der Waals surface area contributed by atoms with Crippen LogP contribution < -0.4 is 10.6 Å². The first-order valence-corrected chi connectivity index (χ1v) is 11.3. The van der Waals surface area contributed by atoms with Gasteiger partial charge in [-0.1, -0.05) is 54.4 Å². The summed E-state index contributed by atoms with van der Waals surface area (Å²) in [7, 11) is 0. The van der Waals surface area contributed by atoms with Gasteiger partial charge in [-0.05, 0) is 38.2 Å². The minimum Gasteiger partial charge on any atom is -0.381 e. The summed E-state index contributed by atoms with van der Waals surface area (Å²) in [5, 5.41) is 14.8. The van der Waals surface area contributed by atoms with Gasteiger partial charge in [-0.15, -0.1) is 0 Å². The van der Waals surface area contributed by atoms with Crippen molar-refractivity contribution < 1.29 is 4.74 Å². The largest absolute Gasteiger partial charge is 0.381 e. The molecule has 0 unspecified atom stereocenters. The zero-order valence-corrected chi connectivity index (χ0v) is 19.4. The molecule has 1 fully saturated rings. The molecule has 162 valence electrons. The summed E-state index contributed by atoms with van der Waals surface area (Å²) in [6, 6.07) is 0.416. The van der Waals surface area contributed by atoms with Crippen LogP contribution >= 0.6 is 0 Å². The Hall–Kier alpha value is -1.62. The van der Waals surface area contributed by atoms with Crippen molar-refractivity contribution in [2.45, 2.75) is 93.0 Å². The van der Waals surface area contributed by atoms with Crippen LogP contribution in [0.1, 0.15) is 91.0 Å². The van der Waals surface area contributed by atoms with Gasteiger partial charge in [0.25, 0.3) is 0 Å². The molecule has 0 amide bonds. The number of unbranched alkanes of at least 4 members (excludes halogenated alkanes) is 1. The van der Waals surface area contributed by atoms with Gasteiger partial charge in [0.05, 0.1) is 11.3 Å². The quantitative estimate of drug-likeness (QED) is 0.470. The van der Waals surface area contributed by atoms with Crippen LogP contribution in [0.25, 0.3) is 0 Å². The molecule has 0 atom stereocenters. The molecular formula is C23H44N4O. The van der Waals surface area contributed by atoms with E-state index in [1.54, 1.807) is 0 Å². The van der Waals surface area contributed by atoms with Crippen molar-refractivity contribution in [3.63, 3.8) is 0 Å². The van der Waals surface area contributed by atoms with E-state index < -0.39 is 0 Å². The molecule has 3 N–H and O–H groups in total. The van der Waals surface area contributed by atoms with Gasteiger partial charge < -0.3 is 20.8 Å². The van der Waals surface area contributed by atoms with Gasteiger partial charge in [-0.2, -0.15) is 0 Å². The van der Waals surface area contributed by atoms with E-state index >= 15 is 0 Å². The van der Waals surface area contributed by atoms with E-state index in [4.69, 9.17) is 15.1 Å². The van der Waals surface area contributed by atoms with Gasteiger partial charge >= 0.3 is 0 Å². The third-order valence-electron chi connectivity index (χ3n) is 4.67. The van der Waals surface area contributed by atoms with E-state index in [1.165, 1.54) is 24.6 Å². The number of hydrogen-bond donors (Lipinski definition) is 3. The standard InChI is InChI=1S/C17H28N4O.C4H10.C2H6/c1-4-13-15(5-2)21-17(19-6-3)14(11-18)16(13)20-12-7-9-22-10-8-12;1-3-4-2;1-2/h11-12,18H,4-10H2,1-3H3,(H2,19,20,21);3-4H2,1-2H3;1-2H3. The van der Waals surface area contributed by atoms with Crippen LogP contribution in [0.3, 0.4) is 0 Å². The van der Waals surface area contributed by atoms with Gasteiger partial charge in [0, 0.05) is 37.7 Å². The molecule has 1 aromatic rings. The average Bonchev–Trinajstić information content (AvgIpc) is 2.76. The molecular weight excluding hydrogens is 348 g/mol. The summed E-state index contributed by atoms with van der Waals surface area (Å²) in [6.07, 6.45) is 7.92. The highest BCUT2D eigenvalue weighted by Crippen LogP contribution is 2.30. The first-order chi connectivity index (χ1) is 13.7. The number of pyridine rings is 1. The maximum absolute atomic E-state index is 7.85. The fraction of sp³-hybridized carbons (Fsp3) is 0.739. The Morgan fingerprint density at radius 3 is 2.07 bits per heavy atom. The lowest BCUT2D eigenvalue weighted by Crippen LogP contribution is -2.29. The number of rotatable bonds is 8. The van der Waals surface area contributed by atoms with Crippen molar-refractivity contribution in [3.8, 4) is 0 Å². The minimum absolute atomic E-state index is 0.416. The summed E-state index contributed by atoms with van der Waals surface area (Å²) in [5.74, 6) is 0.820. The second kappa shape index (κ2) is 16.3. The van der Waals surface area contributed by atoms with Crippen LogP contribution in [0.15, 0.2) is 0 Å². The van der Waals surface area contributed by atoms with Crippen molar-refractivity contribution in [3.05, 3.63) is 16.8 Å². The normalized spacial score (nSPS) is 13.5. The Balaban J connectivity index is 0.00000108. The molecule has 0 aliphatic carbocycles. The number of aryl methyl sites for hydroxylation is 1. The lowest BCUT2D eigenvalue weighted by Gasteiger charge is -2.28. The molecule has 0 bridgehead atoms. The Morgan fingerprint density at radius 2 is 1.64 bits per heavy atom. The Bertz CT molecular complexity index is 538. The second-order valence-electron chi connectivity index (χ2n) is 6.59. The van der Waals surface area contributed by atoms with Crippen molar-refractivity contribution in [1.82, 2.24) is 4.98 Å². The molecule has 1 saturated heterocycles. The van der Waals surface area contributed by atoms with Crippen LogP contribution in [0.2, 0.25) is 0 Å². The number of anilines is 2. The number of ether oxygens (including phenoxy) is 1. The molecule has 0 aromatic carbocycles. The lowest BCUT2D eigenvalue weighted by atomic mass is 10.00. The first-order valence-electron chi connectivity index (χ1n) is 11.3. The first kappa shape index (κ1) is 26.4. The number of nitrogens with one attached hydrogen (secondary N) is 3. The van der Waals surface area contributed by atoms with Gasteiger partial charge in [0.2, 0.25) is 0 Å². The lowest BCUT2D eigenvalue weighted by molar-refractivity contribution is 0.0904. The van der Waals surface area contributed by atoms with Crippen LogP contribution in [0.4, 0.5) is 11.5 Å². The fourth-order valence-corrected chi connectivity index (χ4v) is 3.01. The highest BCUT2D eigenvalue weighted by Gasteiger charge is 2.20. The number of hydrogen-bond acceptors (Lipinski definition) is 5. The molecule has 2 rings (SSSR count). The SMILES string of the molecule is CC.CCCC.CCNc1nc(CC)c(CC)c(NC2CCOCC2)c1C=N. The van der Waals surface area contributed by atoms with E-state index in [-0.39, 0.29) is 0 Å². The van der Waals surface area contributed by atoms with Crippen molar-refractivity contribution in [1.29, 1.82) is 5.41 Å². The minimum atomic E-state index is 0.416. The third-order valence-corrected chi connectivity index (χ3v) is 4.67. The molecule has 1 aromatic heterocycles. The Labute approximate surface area is 173 Å². The van der Waals surface area contributed by atoms with Crippen LogP contribution in [-0.2, 0) is 17.6 Å². The zero-order valence-electron chi connectivity index (χ0n) is 19.4. The number of nitrogens with zero attached hydrogens (tertiary/aromatic N) is 1. The summed E-state index contributed by atoms with van der Waals surface area (Å²) < 4.78 is 5.45. The average molecular weight is 393 g/mol. The van der Waals surface area contributed by atoms with Crippen molar-refractivity contribution >= 4 is 17.7 Å².